The number of phenols is 2. The summed E-state index contributed by atoms with van der Waals surface area (Å²) < 4.78 is 11.1. The maximum absolute atomic E-state index is 13.0. The Morgan fingerprint density at radius 1 is 1.00 bits per heavy atom. The summed E-state index contributed by atoms with van der Waals surface area (Å²) in [5, 5.41) is 30.8. The number of likely N-dealkylation sites (N-methyl/N-ethyl adjacent to an activating group) is 1. The van der Waals surface area contributed by atoms with Crippen molar-refractivity contribution in [1.82, 2.24) is 20.7 Å². The molecule has 2 amide bonds. The molecule has 39 heavy (non-hydrogen) atoms. The number of carbonyl (C=O) groups excluding carboxylic acids is 2. The Hall–Kier alpha value is -3.89. The molecular formula is C29H36N4O6. The van der Waals surface area contributed by atoms with Gasteiger partial charge >= 0.3 is 0 Å². The minimum Gasteiger partial charge on any atom is -0.508 e. The molecule has 1 aliphatic heterocycles. The van der Waals surface area contributed by atoms with Gasteiger partial charge in [-0.15, -0.1) is 0 Å². The second-order valence-corrected chi connectivity index (χ2v) is 9.75. The van der Waals surface area contributed by atoms with Crippen molar-refractivity contribution in [1.29, 1.82) is 0 Å². The molecule has 10 nitrogen and oxygen atoms in total. The third-order valence-electron chi connectivity index (χ3n) is 6.78. The summed E-state index contributed by atoms with van der Waals surface area (Å²) in [6.45, 7) is 10.9. The molecule has 0 spiro atoms. The minimum absolute atomic E-state index is 0.0238. The number of hydrogen-bond donors (Lipinski definition) is 4. The minimum atomic E-state index is -0.484. The summed E-state index contributed by atoms with van der Waals surface area (Å²) in [5.74, 6) is -0.545. The van der Waals surface area contributed by atoms with Crippen LogP contribution in [0.4, 0.5) is 0 Å². The van der Waals surface area contributed by atoms with Crippen molar-refractivity contribution in [3.05, 3.63) is 53.2 Å². The van der Waals surface area contributed by atoms with Crippen molar-refractivity contribution in [3.63, 3.8) is 0 Å². The number of nitrogens with zero attached hydrogens (tertiary/aromatic N) is 2. The molecular weight excluding hydrogens is 500 g/mol. The molecule has 10 heteroatoms. The van der Waals surface area contributed by atoms with Crippen molar-refractivity contribution < 1.29 is 29.1 Å². The lowest BCUT2D eigenvalue weighted by molar-refractivity contribution is -0.128. The van der Waals surface area contributed by atoms with Gasteiger partial charge in [0.05, 0.1) is 24.3 Å². The Labute approximate surface area is 227 Å². The maximum Gasteiger partial charge on any atom is 0.274 e. The van der Waals surface area contributed by atoms with E-state index in [9.17, 15) is 19.8 Å². The summed E-state index contributed by atoms with van der Waals surface area (Å²) in [7, 11) is 0. The third kappa shape index (κ3) is 5.91. The second kappa shape index (κ2) is 12.3. The van der Waals surface area contributed by atoms with Crippen LogP contribution in [0.5, 0.6) is 11.5 Å². The molecule has 0 saturated carbocycles. The van der Waals surface area contributed by atoms with Gasteiger partial charge in [0.15, 0.2) is 11.5 Å². The lowest BCUT2D eigenvalue weighted by atomic mass is 9.93. The van der Waals surface area contributed by atoms with Gasteiger partial charge in [-0.3, -0.25) is 14.5 Å². The highest BCUT2D eigenvalue weighted by molar-refractivity contribution is 6.02. The quantitative estimate of drug-likeness (QED) is 0.324. The summed E-state index contributed by atoms with van der Waals surface area (Å²) in [4.78, 5) is 28.1. The molecule has 3 aromatic rings. The molecule has 1 saturated heterocycles. The highest BCUT2D eigenvalue weighted by atomic mass is 16.5. The van der Waals surface area contributed by atoms with E-state index in [1.165, 1.54) is 6.07 Å². The number of rotatable bonds is 9. The maximum atomic E-state index is 13.0. The van der Waals surface area contributed by atoms with Crippen LogP contribution in [0.2, 0.25) is 0 Å². The number of carbonyl (C=O) groups is 2. The van der Waals surface area contributed by atoms with Gasteiger partial charge in [0, 0.05) is 32.2 Å². The number of nitrogens with one attached hydrogen (secondary N) is 2. The van der Waals surface area contributed by atoms with Gasteiger partial charge in [0.25, 0.3) is 5.91 Å². The Bertz CT molecular complexity index is 1310. The number of hydrogen-bond acceptors (Lipinski definition) is 8. The molecule has 0 radical (unpaired) electrons. The number of amides is 2. The zero-order chi connectivity index (χ0) is 28.1. The molecule has 1 aromatic heterocycles. The molecule has 2 heterocycles. The molecule has 1 unspecified atom stereocenters. The SMILES string of the molecule is CCNC(=O)c1noc(-c2cc(C(C)C)c(O)cc2O)c1-c1ccc(C(C(=O)NCC)N2CCOCC2)cc1. The van der Waals surface area contributed by atoms with Gasteiger partial charge in [0.1, 0.15) is 17.5 Å². The van der Waals surface area contributed by atoms with E-state index in [1.54, 1.807) is 13.0 Å². The van der Waals surface area contributed by atoms with Crippen molar-refractivity contribution in [2.45, 2.75) is 39.7 Å². The molecule has 1 aliphatic rings. The summed E-state index contributed by atoms with van der Waals surface area (Å²) in [5.41, 5.74) is 2.85. The Kier molecular flexibility index (Phi) is 8.88. The first-order chi connectivity index (χ1) is 18.8. The number of aromatic nitrogens is 1. The van der Waals surface area contributed by atoms with Crippen LogP contribution in [0, 0.1) is 0 Å². The van der Waals surface area contributed by atoms with Crippen LogP contribution in [0.25, 0.3) is 22.5 Å². The number of ether oxygens (including phenoxy) is 1. The van der Waals surface area contributed by atoms with Crippen molar-refractivity contribution >= 4 is 11.8 Å². The van der Waals surface area contributed by atoms with E-state index in [0.29, 0.717) is 61.6 Å². The predicted molar refractivity (Wildman–Crippen MR) is 147 cm³/mol. The number of morpholine rings is 1. The summed E-state index contributed by atoms with van der Waals surface area (Å²) in [6.07, 6.45) is 0. The summed E-state index contributed by atoms with van der Waals surface area (Å²) in [6, 6.07) is 9.80. The third-order valence-corrected chi connectivity index (χ3v) is 6.78. The van der Waals surface area contributed by atoms with Gasteiger partial charge in [-0.2, -0.15) is 0 Å². The molecule has 208 valence electrons. The fraction of sp³-hybridized carbons (Fsp3) is 0.414. The van der Waals surface area contributed by atoms with Crippen LogP contribution < -0.4 is 10.6 Å². The van der Waals surface area contributed by atoms with Crippen molar-refractivity contribution in [2.75, 3.05) is 39.4 Å². The monoisotopic (exact) mass is 536 g/mol. The number of phenolic OH excluding ortho intramolecular Hbond substituents is 2. The van der Waals surface area contributed by atoms with E-state index in [0.717, 1.165) is 5.56 Å². The van der Waals surface area contributed by atoms with E-state index in [2.05, 4.69) is 20.7 Å². The van der Waals surface area contributed by atoms with Gasteiger partial charge in [0.2, 0.25) is 5.91 Å². The van der Waals surface area contributed by atoms with Crippen LogP contribution in [0.15, 0.2) is 40.9 Å². The van der Waals surface area contributed by atoms with Crippen molar-refractivity contribution in [2.24, 2.45) is 0 Å². The topological polar surface area (TPSA) is 137 Å². The predicted octanol–water partition coefficient (Wildman–Crippen LogP) is 3.80. The average molecular weight is 537 g/mol. The lowest BCUT2D eigenvalue weighted by Crippen LogP contribution is -2.45. The fourth-order valence-corrected chi connectivity index (χ4v) is 4.85. The van der Waals surface area contributed by atoms with Gasteiger partial charge in [-0.25, -0.2) is 0 Å². The zero-order valence-corrected chi connectivity index (χ0v) is 22.8. The smallest absolute Gasteiger partial charge is 0.274 e. The van der Waals surface area contributed by atoms with Gasteiger partial charge in [-0.05, 0) is 42.5 Å². The van der Waals surface area contributed by atoms with E-state index in [1.807, 2.05) is 45.0 Å². The van der Waals surface area contributed by atoms with E-state index in [4.69, 9.17) is 9.26 Å². The van der Waals surface area contributed by atoms with E-state index in [-0.39, 0.29) is 34.8 Å². The first kappa shape index (κ1) is 28.1. The van der Waals surface area contributed by atoms with Gasteiger partial charge in [-0.1, -0.05) is 43.3 Å². The Balaban J connectivity index is 1.81. The Morgan fingerprint density at radius 3 is 2.28 bits per heavy atom. The Morgan fingerprint density at radius 2 is 1.67 bits per heavy atom. The number of aromatic hydroxyl groups is 2. The van der Waals surface area contributed by atoms with Crippen LogP contribution >= 0.6 is 0 Å². The molecule has 4 rings (SSSR count). The fourth-order valence-electron chi connectivity index (χ4n) is 4.85. The molecule has 0 aliphatic carbocycles. The summed E-state index contributed by atoms with van der Waals surface area (Å²) >= 11 is 0. The average Bonchev–Trinajstić information content (AvgIpc) is 3.35. The van der Waals surface area contributed by atoms with Crippen LogP contribution in [-0.2, 0) is 9.53 Å². The molecule has 0 bridgehead atoms. The second-order valence-electron chi connectivity index (χ2n) is 9.75. The van der Waals surface area contributed by atoms with Crippen LogP contribution in [0.1, 0.15) is 61.3 Å². The lowest BCUT2D eigenvalue weighted by Gasteiger charge is -2.33. The first-order valence-electron chi connectivity index (χ1n) is 13.3. The normalized spacial score (nSPS) is 14.8. The molecule has 4 N–H and O–H groups in total. The van der Waals surface area contributed by atoms with Crippen LogP contribution in [0.3, 0.4) is 0 Å². The van der Waals surface area contributed by atoms with E-state index < -0.39 is 11.9 Å². The number of benzene rings is 2. The highest BCUT2D eigenvalue weighted by Gasteiger charge is 2.30. The van der Waals surface area contributed by atoms with Gasteiger partial charge < -0.3 is 30.1 Å². The molecule has 2 aromatic carbocycles. The van der Waals surface area contributed by atoms with E-state index >= 15 is 0 Å². The first-order valence-corrected chi connectivity index (χ1v) is 13.3. The highest BCUT2D eigenvalue weighted by Crippen LogP contribution is 2.43. The molecule has 1 fully saturated rings. The zero-order valence-electron chi connectivity index (χ0n) is 22.8. The van der Waals surface area contributed by atoms with Crippen LogP contribution in [-0.4, -0.2) is 71.5 Å². The largest absolute Gasteiger partial charge is 0.508 e. The molecule has 1 atom stereocenters. The standard InChI is InChI=1S/C29H36N4O6/c1-5-30-28(36)25-24(27(39-32-25)21-15-20(17(3)4)22(34)16-23(21)35)18-7-9-19(10-8-18)26(29(37)31-6-2)33-11-13-38-14-12-33/h7-10,15-17,26,34-35H,5-6,11-14H2,1-4H3,(H,30,36)(H,31,37). The van der Waals surface area contributed by atoms with Crippen molar-refractivity contribution in [3.8, 4) is 33.9 Å².